The lowest BCUT2D eigenvalue weighted by Crippen LogP contribution is -1.90. The molecule has 1 aromatic carbocycles. The van der Waals surface area contributed by atoms with Gasteiger partial charge in [-0.3, -0.25) is 4.98 Å². The van der Waals surface area contributed by atoms with E-state index in [1.54, 1.807) is 12.4 Å². The molecule has 0 aliphatic heterocycles. The van der Waals surface area contributed by atoms with E-state index in [1.807, 2.05) is 12.1 Å². The number of phenols is 1. The summed E-state index contributed by atoms with van der Waals surface area (Å²) in [4.78, 5) is 8.11. The van der Waals surface area contributed by atoms with Gasteiger partial charge in [-0.05, 0) is 29.8 Å². The molecule has 0 radical (unpaired) electrons. The van der Waals surface area contributed by atoms with Crippen molar-refractivity contribution in [2.75, 3.05) is 0 Å². The summed E-state index contributed by atoms with van der Waals surface area (Å²) in [5.74, 6) is -0.117. The Bertz CT molecular complexity index is 728. The molecule has 3 rings (SSSR count). The third kappa shape index (κ3) is 2.49. The Morgan fingerprint density at radius 2 is 1.95 bits per heavy atom. The van der Waals surface area contributed by atoms with E-state index in [9.17, 15) is 9.50 Å². The van der Waals surface area contributed by atoms with E-state index >= 15 is 0 Å². The minimum atomic E-state index is -0.525. The van der Waals surface area contributed by atoms with Gasteiger partial charge in [0.15, 0.2) is 5.82 Å². The van der Waals surface area contributed by atoms with Crippen LogP contribution < -0.4 is 0 Å². The molecule has 0 saturated carbocycles. The Kier molecular flexibility index (Phi) is 3.12. The quantitative estimate of drug-likeness (QED) is 0.792. The molecule has 0 aliphatic rings. The van der Waals surface area contributed by atoms with E-state index in [2.05, 4.69) is 15.1 Å². The molecule has 2 aromatic heterocycles. The number of hydrogen-bond acceptors (Lipinski definition) is 5. The maximum Gasteiger partial charge on any atom is 0.261 e. The maximum atomic E-state index is 12.9. The summed E-state index contributed by atoms with van der Waals surface area (Å²) in [6.45, 7) is 0. The van der Waals surface area contributed by atoms with E-state index in [0.29, 0.717) is 17.8 Å². The summed E-state index contributed by atoms with van der Waals surface area (Å²) < 4.78 is 18.0. The normalized spacial score (nSPS) is 10.7. The van der Waals surface area contributed by atoms with Gasteiger partial charge < -0.3 is 9.63 Å². The highest BCUT2D eigenvalue weighted by atomic mass is 19.1. The number of nitrogens with zero attached hydrogens (tertiary/aromatic N) is 3. The monoisotopic (exact) mass is 271 g/mol. The number of benzene rings is 1. The van der Waals surface area contributed by atoms with Crippen LogP contribution in [0.4, 0.5) is 4.39 Å². The van der Waals surface area contributed by atoms with Gasteiger partial charge in [0.25, 0.3) is 5.89 Å². The zero-order chi connectivity index (χ0) is 13.9. The second-order valence-electron chi connectivity index (χ2n) is 4.21. The first-order valence-electron chi connectivity index (χ1n) is 5.93. The highest BCUT2D eigenvalue weighted by Crippen LogP contribution is 2.28. The largest absolute Gasteiger partial charge is 0.507 e. The van der Waals surface area contributed by atoms with Crippen molar-refractivity contribution < 1.29 is 14.0 Å². The predicted octanol–water partition coefficient (Wildman–Crippen LogP) is 2.57. The summed E-state index contributed by atoms with van der Waals surface area (Å²) in [6.07, 6.45) is 3.86. The molecule has 0 spiro atoms. The average molecular weight is 271 g/mol. The van der Waals surface area contributed by atoms with Gasteiger partial charge in [-0.2, -0.15) is 4.98 Å². The van der Waals surface area contributed by atoms with E-state index in [0.717, 1.165) is 11.6 Å². The summed E-state index contributed by atoms with van der Waals surface area (Å²) in [5, 5.41) is 13.5. The van der Waals surface area contributed by atoms with Crippen LogP contribution in [0.25, 0.3) is 11.5 Å². The van der Waals surface area contributed by atoms with Crippen molar-refractivity contribution in [1.82, 2.24) is 15.1 Å². The van der Waals surface area contributed by atoms with Crippen LogP contribution in [0.3, 0.4) is 0 Å². The van der Waals surface area contributed by atoms with Crippen molar-refractivity contribution >= 4 is 0 Å². The van der Waals surface area contributed by atoms with Gasteiger partial charge >= 0.3 is 0 Å². The molecule has 20 heavy (non-hydrogen) atoms. The van der Waals surface area contributed by atoms with Gasteiger partial charge in [0.1, 0.15) is 11.6 Å². The Morgan fingerprint density at radius 3 is 2.70 bits per heavy atom. The van der Waals surface area contributed by atoms with Gasteiger partial charge in [0.05, 0.1) is 5.56 Å². The fraction of sp³-hybridized carbons (Fsp3) is 0.0714. The molecule has 1 N–H and O–H groups in total. The zero-order valence-corrected chi connectivity index (χ0v) is 10.3. The molecule has 0 bridgehead atoms. The number of phenolic OH excluding ortho intramolecular Hbond substituents is 1. The first kappa shape index (κ1) is 12.3. The van der Waals surface area contributed by atoms with Gasteiger partial charge in [-0.15, -0.1) is 0 Å². The average Bonchev–Trinajstić information content (AvgIpc) is 2.88. The highest BCUT2D eigenvalue weighted by molar-refractivity contribution is 5.61. The highest BCUT2D eigenvalue weighted by Gasteiger charge is 2.13. The molecule has 0 saturated heterocycles. The third-order valence-electron chi connectivity index (χ3n) is 2.77. The summed E-state index contributed by atoms with van der Waals surface area (Å²) in [6, 6.07) is 7.33. The molecule has 3 aromatic rings. The first-order chi connectivity index (χ1) is 9.72. The fourth-order valence-corrected chi connectivity index (χ4v) is 1.80. The van der Waals surface area contributed by atoms with Crippen LogP contribution >= 0.6 is 0 Å². The minimum Gasteiger partial charge on any atom is -0.507 e. The number of halogens is 1. The van der Waals surface area contributed by atoms with E-state index in [4.69, 9.17) is 4.52 Å². The predicted molar refractivity (Wildman–Crippen MR) is 68.4 cm³/mol. The number of pyridine rings is 1. The van der Waals surface area contributed by atoms with Crippen LogP contribution in [0.15, 0.2) is 47.2 Å². The third-order valence-corrected chi connectivity index (χ3v) is 2.77. The second-order valence-corrected chi connectivity index (χ2v) is 4.21. The molecule has 0 unspecified atom stereocenters. The summed E-state index contributed by atoms with van der Waals surface area (Å²) in [5.41, 5.74) is 1.30. The lowest BCUT2D eigenvalue weighted by molar-refractivity contribution is 0.418. The van der Waals surface area contributed by atoms with Crippen LogP contribution in [-0.4, -0.2) is 20.2 Å². The fourth-order valence-electron chi connectivity index (χ4n) is 1.80. The van der Waals surface area contributed by atoms with Crippen molar-refractivity contribution in [2.24, 2.45) is 0 Å². The minimum absolute atomic E-state index is 0.159. The number of aromatic nitrogens is 3. The lowest BCUT2D eigenvalue weighted by Gasteiger charge is -1.98. The van der Waals surface area contributed by atoms with Crippen LogP contribution in [0, 0.1) is 5.82 Å². The van der Waals surface area contributed by atoms with E-state index in [1.165, 1.54) is 12.1 Å². The molecule has 100 valence electrons. The molecule has 0 atom stereocenters. The maximum absolute atomic E-state index is 12.9. The molecule has 6 heteroatoms. The van der Waals surface area contributed by atoms with Gasteiger partial charge in [-0.1, -0.05) is 5.16 Å². The van der Waals surface area contributed by atoms with Crippen molar-refractivity contribution in [3.63, 3.8) is 0 Å². The second kappa shape index (κ2) is 5.08. The summed E-state index contributed by atoms with van der Waals surface area (Å²) >= 11 is 0. The Labute approximate surface area is 113 Å². The number of hydrogen-bond donors (Lipinski definition) is 1. The molecular weight excluding hydrogens is 261 g/mol. The van der Waals surface area contributed by atoms with Crippen LogP contribution in [0.2, 0.25) is 0 Å². The number of rotatable bonds is 3. The smallest absolute Gasteiger partial charge is 0.261 e. The van der Waals surface area contributed by atoms with Gasteiger partial charge in [0.2, 0.25) is 0 Å². The topological polar surface area (TPSA) is 72.0 Å². The first-order valence-corrected chi connectivity index (χ1v) is 5.93. The van der Waals surface area contributed by atoms with Gasteiger partial charge in [0, 0.05) is 24.9 Å². The molecule has 0 fully saturated rings. The summed E-state index contributed by atoms with van der Waals surface area (Å²) in [7, 11) is 0. The number of aromatic hydroxyl groups is 1. The lowest BCUT2D eigenvalue weighted by atomic mass is 10.2. The molecular formula is C14H10FN3O2. The van der Waals surface area contributed by atoms with Crippen LogP contribution in [-0.2, 0) is 6.42 Å². The Hall–Kier alpha value is -2.76. The van der Waals surface area contributed by atoms with E-state index < -0.39 is 5.82 Å². The Morgan fingerprint density at radius 1 is 1.15 bits per heavy atom. The zero-order valence-electron chi connectivity index (χ0n) is 10.3. The Balaban J connectivity index is 1.87. The van der Waals surface area contributed by atoms with Crippen molar-refractivity contribution in [3.05, 3.63) is 59.9 Å². The van der Waals surface area contributed by atoms with E-state index in [-0.39, 0.29) is 11.6 Å². The molecule has 2 heterocycles. The SMILES string of the molecule is Oc1cc(F)ccc1-c1nc(Cc2ccncc2)no1. The molecule has 0 amide bonds. The standard InChI is InChI=1S/C14H10FN3O2/c15-10-1-2-11(12(19)8-10)14-17-13(18-20-14)7-9-3-5-16-6-4-9/h1-6,8,19H,7H2. The van der Waals surface area contributed by atoms with Crippen molar-refractivity contribution in [3.8, 4) is 17.2 Å². The van der Waals surface area contributed by atoms with Crippen molar-refractivity contribution in [1.29, 1.82) is 0 Å². The van der Waals surface area contributed by atoms with Crippen molar-refractivity contribution in [2.45, 2.75) is 6.42 Å². The van der Waals surface area contributed by atoms with Gasteiger partial charge in [-0.25, -0.2) is 4.39 Å². The van der Waals surface area contributed by atoms with Crippen LogP contribution in [0.1, 0.15) is 11.4 Å². The molecule has 5 nitrogen and oxygen atoms in total. The van der Waals surface area contributed by atoms with Crippen LogP contribution in [0.5, 0.6) is 5.75 Å². The molecule has 0 aliphatic carbocycles.